The van der Waals surface area contributed by atoms with E-state index in [4.69, 9.17) is 4.98 Å². The summed E-state index contributed by atoms with van der Waals surface area (Å²) in [4.78, 5) is 8.56. The van der Waals surface area contributed by atoms with Crippen molar-refractivity contribution in [1.82, 2.24) is 10.3 Å². The fraction of sp³-hybridized carbons (Fsp3) is 0.786. The molecule has 1 aromatic rings. The zero-order valence-electron chi connectivity index (χ0n) is 12.2. The lowest BCUT2D eigenvalue weighted by molar-refractivity contribution is 0.418. The van der Waals surface area contributed by atoms with Crippen LogP contribution in [-0.4, -0.2) is 24.1 Å². The van der Waals surface area contributed by atoms with Crippen LogP contribution in [-0.2, 0) is 6.54 Å². The molecule has 1 aliphatic heterocycles. The van der Waals surface area contributed by atoms with Crippen molar-refractivity contribution in [3.63, 3.8) is 0 Å². The first-order valence-corrected chi connectivity index (χ1v) is 7.64. The lowest BCUT2D eigenvalue weighted by Gasteiger charge is -2.18. The second-order valence-corrected chi connectivity index (χ2v) is 7.44. The molecule has 0 saturated carbocycles. The molecule has 1 N–H and O–H groups in total. The van der Waals surface area contributed by atoms with Crippen LogP contribution in [0.4, 0.5) is 5.13 Å². The highest BCUT2D eigenvalue weighted by Gasteiger charge is 2.30. The Bertz CT molecular complexity index is 409. The van der Waals surface area contributed by atoms with E-state index in [-0.39, 0.29) is 0 Å². The summed E-state index contributed by atoms with van der Waals surface area (Å²) in [5.74, 6) is 0. The van der Waals surface area contributed by atoms with Crippen molar-refractivity contribution in [2.45, 2.75) is 53.6 Å². The van der Waals surface area contributed by atoms with Gasteiger partial charge < -0.3 is 10.2 Å². The van der Waals surface area contributed by atoms with Gasteiger partial charge in [-0.05, 0) is 18.8 Å². The van der Waals surface area contributed by atoms with E-state index in [1.807, 2.05) is 11.3 Å². The first-order valence-electron chi connectivity index (χ1n) is 6.82. The van der Waals surface area contributed by atoms with Crippen molar-refractivity contribution in [2.24, 2.45) is 5.41 Å². The van der Waals surface area contributed by atoms with Gasteiger partial charge in [0.2, 0.25) is 0 Å². The number of nitrogens with zero attached hydrogens (tertiary/aromatic N) is 2. The number of hydrogen-bond acceptors (Lipinski definition) is 4. The minimum absolute atomic E-state index is 0.440. The molecule has 102 valence electrons. The van der Waals surface area contributed by atoms with E-state index in [9.17, 15) is 0 Å². The molecule has 4 heteroatoms. The van der Waals surface area contributed by atoms with Gasteiger partial charge in [-0.1, -0.05) is 27.7 Å². The molecule has 0 unspecified atom stereocenters. The van der Waals surface area contributed by atoms with Crippen LogP contribution in [0.1, 0.15) is 44.7 Å². The van der Waals surface area contributed by atoms with Crippen LogP contribution < -0.4 is 10.2 Å². The molecule has 1 fully saturated rings. The molecule has 0 bridgehead atoms. The molecule has 1 aliphatic rings. The van der Waals surface area contributed by atoms with Gasteiger partial charge in [-0.2, -0.15) is 0 Å². The van der Waals surface area contributed by atoms with Gasteiger partial charge in [0.1, 0.15) is 0 Å². The van der Waals surface area contributed by atoms with E-state index in [2.05, 4.69) is 44.8 Å². The molecule has 0 amide bonds. The van der Waals surface area contributed by atoms with Gasteiger partial charge in [0.25, 0.3) is 0 Å². The molecule has 1 saturated heterocycles. The zero-order valence-corrected chi connectivity index (χ0v) is 13.0. The number of hydrogen-bond donors (Lipinski definition) is 1. The average molecular weight is 267 g/mol. The Morgan fingerprint density at radius 1 is 1.44 bits per heavy atom. The Kier molecular flexibility index (Phi) is 3.97. The highest BCUT2D eigenvalue weighted by atomic mass is 32.1. The van der Waals surface area contributed by atoms with Crippen LogP contribution in [0.2, 0.25) is 0 Å². The van der Waals surface area contributed by atoms with Gasteiger partial charge in [0.05, 0.1) is 5.69 Å². The number of thiazole rings is 1. The first-order chi connectivity index (χ1) is 8.37. The standard InChI is InChI=1S/C14H25N3S/c1-10(2)15-8-12-11(3)16-13(18-12)17-7-6-14(4,5)9-17/h10,15H,6-9H2,1-5H3. The number of rotatable bonds is 4. The maximum atomic E-state index is 4.74. The van der Waals surface area contributed by atoms with Gasteiger partial charge in [-0.25, -0.2) is 4.98 Å². The minimum atomic E-state index is 0.440. The van der Waals surface area contributed by atoms with Crippen LogP contribution >= 0.6 is 11.3 Å². The van der Waals surface area contributed by atoms with Crippen LogP contribution in [0.3, 0.4) is 0 Å². The quantitative estimate of drug-likeness (QED) is 0.908. The molecular weight excluding hydrogens is 242 g/mol. The van der Waals surface area contributed by atoms with Crippen LogP contribution in [0, 0.1) is 12.3 Å². The highest BCUT2D eigenvalue weighted by Crippen LogP contribution is 2.35. The summed E-state index contributed by atoms with van der Waals surface area (Å²) in [7, 11) is 0. The predicted molar refractivity (Wildman–Crippen MR) is 79.4 cm³/mol. The van der Waals surface area contributed by atoms with E-state index >= 15 is 0 Å². The Hall–Kier alpha value is -0.610. The summed E-state index contributed by atoms with van der Waals surface area (Å²) in [6.45, 7) is 14.4. The minimum Gasteiger partial charge on any atom is -0.348 e. The lowest BCUT2D eigenvalue weighted by atomic mass is 9.93. The molecule has 3 nitrogen and oxygen atoms in total. The zero-order chi connectivity index (χ0) is 13.3. The Morgan fingerprint density at radius 3 is 2.72 bits per heavy atom. The molecule has 18 heavy (non-hydrogen) atoms. The number of aryl methyl sites for hydroxylation is 1. The third-order valence-electron chi connectivity index (χ3n) is 3.50. The van der Waals surface area contributed by atoms with Crippen molar-refractivity contribution in [3.8, 4) is 0 Å². The topological polar surface area (TPSA) is 28.2 Å². The number of nitrogens with one attached hydrogen (secondary N) is 1. The summed E-state index contributed by atoms with van der Waals surface area (Å²) in [6, 6.07) is 0.528. The van der Waals surface area contributed by atoms with E-state index in [1.54, 1.807) is 0 Å². The maximum Gasteiger partial charge on any atom is 0.185 e. The molecule has 2 heterocycles. The van der Waals surface area contributed by atoms with Crippen molar-refractivity contribution < 1.29 is 0 Å². The lowest BCUT2D eigenvalue weighted by Crippen LogP contribution is -2.22. The van der Waals surface area contributed by atoms with Crippen molar-refractivity contribution in [1.29, 1.82) is 0 Å². The largest absolute Gasteiger partial charge is 0.348 e. The predicted octanol–water partition coefficient (Wildman–Crippen LogP) is 3.19. The van der Waals surface area contributed by atoms with Gasteiger partial charge in [0, 0.05) is 30.6 Å². The third kappa shape index (κ3) is 3.23. The van der Waals surface area contributed by atoms with E-state index in [0.717, 1.165) is 19.6 Å². The van der Waals surface area contributed by atoms with Crippen LogP contribution in [0.5, 0.6) is 0 Å². The van der Waals surface area contributed by atoms with Crippen molar-refractivity contribution in [3.05, 3.63) is 10.6 Å². The Labute approximate surface area is 115 Å². The third-order valence-corrected chi connectivity index (χ3v) is 4.72. The summed E-state index contributed by atoms with van der Waals surface area (Å²) in [6.07, 6.45) is 1.27. The smallest absolute Gasteiger partial charge is 0.185 e. The van der Waals surface area contributed by atoms with E-state index < -0.39 is 0 Å². The molecule has 0 atom stereocenters. The van der Waals surface area contributed by atoms with E-state index in [0.29, 0.717) is 11.5 Å². The van der Waals surface area contributed by atoms with Crippen LogP contribution in [0.25, 0.3) is 0 Å². The maximum absolute atomic E-state index is 4.74. The number of aromatic nitrogens is 1. The molecule has 0 radical (unpaired) electrons. The van der Waals surface area contributed by atoms with Crippen molar-refractivity contribution >= 4 is 16.5 Å². The Morgan fingerprint density at radius 2 is 2.17 bits per heavy atom. The summed E-state index contributed by atoms with van der Waals surface area (Å²) in [5, 5.41) is 4.68. The molecule has 0 aromatic carbocycles. The molecule has 0 spiro atoms. The molecular formula is C14H25N3S. The highest BCUT2D eigenvalue weighted by molar-refractivity contribution is 7.15. The molecule has 2 rings (SSSR count). The fourth-order valence-corrected chi connectivity index (χ4v) is 3.32. The Balaban J connectivity index is 2.05. The second kappa shape index (κ2) is 5.17. The van der Waals surface area contributed by atoms with Gasteiger partial charge in [-0.3, -0.25) is 0 Å². The molecule has 1 aromatic heterocycles. The van der Waals surface area contributed by atoms with Gasteiger partial charge in [0.15, 0.2) is 5.13 Å². The van der Waals surface area contributed by atoms with Crippen molar-refractivity contribution in [2.75, 3.05) is 18.0 Å². The monoisotopic (exact) mass is 267 g/mol. The normalized spacial score (nSPS) is 18.9. The fourth-order valence-electron chi connectivity index (χ4n) is 2.28. The summed E-state index contributed by atoms with van der Waals surface area (Å²) >= 11 is 1.85. The summed E-state index contributed by atoms with van der Waals surface area (Å²) in [5.41, 5.74) is 1.63. The summed E-state index contributed by atoms with van der Waals surface area (Å²) < 4.78 is 0. The van der Waals surface area contributed by atoms with Gasteiger partial charge >= 0.3 is 0 Å². The van der Waals surface area contributed by atoms with Gasteiger partial charge in [-0.15, -0.1) is 11.3 Å². The first kappa shape index (κ1) is 13.8. The average Bonchev–Trinajstić information content (AvgIpc) is 2.79. The van der Waals surface area contributed by atoms with Crippen LogP contribution in [0.15, 0.2) is 0 Å². The SMILES string of the molecule is Cc1nc(N2CCC(C)(C)C2)sc1CNC(C)C. The second-order valence-electron chi connectivity index (χ2n) is 6.38. The number of anilines is 1. The van der Waals surface area contributed by atoms with E-state index in [1.165, 1.54) is 22.1 Å². The molecule has 0 aliphatic carbocycles.